The summed E-state index contributed by atoms with van der Waals surface area (Å²) >= 11 is 4.83. The molecule has 3 N–H and O–H groups in total. The summed E-state index contributed by atoms with van der Waals surface area (Å²) in [4.78, 5) is 29.5. The second-order valence-corrected chi connectivity index (χ2v) is 4.38. The lowest BCUT2D eigenvalue weighted by molar-refractivity contribution is 0.0955. The third-order valence-electron chi connectivity index (χ3n) is 2.63. The molecule has 0 aromatic carbocycles. The molecule has 9 heteroatoms. The van der Waals surface area contributed by atoms with Crippen LogP contribution in [-0.2, 0) is 7.05 Å². The van der Waals surface area contributed by atoms with E-state index in [1.807, 2.05) is 0 Å². The van der Waals surface area contributed by atoms with Gasteiger partial charge in [-0.3, -0.25) is 24.1 Å². The lowest BCUT2D eigenvalue weighted by Crippen LogP contribution is -2.20. The minimum Gasteiger partial charge on any atom is -0.494 e. The number of hydrazone groups is 1. The van der Waals surface area contributed by atoms with Crippen LogP contribution in [0.15, 0.2) is 34.4 Å². The predicted molar refractivity (Wildman–Crippen MR) is 77.8 cm³/mol. The second kappa shape index (κ2) is 6.09. The highest BCUT2D eigenvalue weighted by Gasteiger charge is 2.08. The number of aromatic nitrogens is 3. The van der Waals surface area contributed by atoms with Gasteiger partial charge in [-0.25, -0.2) is 5.43 Å². The maximum Gasteiger partial charge on any atom is 0.271 e. The average Bonchev–Trinajstić information content (AvgIpc) is 2.49. The average molecular weight is 305 g/mol. The topological polar surface area (TPSA) is 112 Å². The van der Waals surface area contributed by atoms with Crippen molar-refractivity contribution in [2.45, 2.75) is 0 Å². The molecule has 0 aliphatic rings. The van der Waals surface area contributed by atoms with Gasteiger partial charge >= 0.3 is 0 Å². The molecule has 2 heterocycles. The van der Waals surface area contributed by atoms with Gasteiger partial charge in [-0.2, -0.15) is 5.10 Å². The number of carbonyl (C=O) groups is 1. The van der Waals surface area contributed by atoms with Gasteiger partial charge in [-0.1, -0.05) is 0 Å². The number of aromatic amines is 1. The molecule has 0 unspecified atom stereocenters. The van der Waals surface area contributed by atoms with Gasteiger partial charge in [-0.05, 0) is 24.4 Å². The molecule has 8 nitrogen and oxygen atoms in total. The molecule has 0 bridgehead atoms. The van der Waals surface area contributed by atoms with Crippen molar-refractivity contribution < 1.29 is 9.90 Å². The Morgan fingerprint density at radius 1 is 1.52 bits per heavy atom. The van der Waals surface area contributed by atoms with Crippen LogP contribution >= 0.6 is 12.2 Å². The Morgan fingerprint density at radius 3 is 2.86 bits per heavy atom. The van der Waals surface area contributed by atoms with Crippen molar-refractivity contribution in [2.24, 2.45) is 12.1 Å². The quantitative estimate of drug-likeness (QED) is 0.429. The number of H-pyrrole nitrogens is 1. The molecule has 0 saturated carbocycles. The van der Waals surface area contributed by atoms with Crippen LogP contribution in [-0.4, -0.2) is 31.8 Å². The number of amides is 1. The van der Waals surface area contributed by atoms with Crippen LogP contribution in [0.1, 0.15) is 15.9 Å². The second-order valence-electron chi connectivity index (χ2n) is 3.99. The normalized spacial score (nSPS) is 10.7. The molecule has 108 valence electrons. The van der Waals surface area contributed by atoms with Crippen LogP contribution in [0.25, 0.3) is 0 Å². The van der Waals surface area contributed by atoms with Gasteiger partial charge in [0, 0.05) is 25.0 Å². The first-order chi connectivity index (χ1) is 10.0. The number of nitrogens with one attached hydrogen (secondary N) is 2. The van der Waals surface area contributed by atoms with Gasteiger partial charge in [0.1, 0.15) is 5.56 Å². The first-order valence-corrected chi connectivity index (χ1v) is 6.17. The third kappa shape index (κ3) is 3.20. The van der Waals surface area contributed by atoms with E-state index in [2.05, 4.69) is 20.5 Å². The van der Waals surface area contributed by atoms with E-state index >= 15 is 0 Å². The highest BCUT2D eigenvalue weighted by atomic mass is 32.1. The smallest absolute Gasteiger partial charge is 0.271 e. The number of carbonyl (C=O) groups excluding carboxylic acids is 1. The van der Waals surface area contributed by atoms with Gasteiger partial charge in [0.2, 0.25) is 5.88 Å². The fraction of sp³-hybridized carbons (Fsp3) is 0.0833. The summed E-state index contributed by atoms with van der Waals surface area (Å²) in [5.74, 6) is -0.806. The van der Waals surface area contributed by atoms with Gasteiger partial charge < -0.3 is 5.11 Å². The maximum atomic E-state index is 11.7. The van der Waals surface area contributed by atoms with Crippen molar-refractivity contribution in [3.8, 4) is 5.88 Å². The summed E-state index contributed by atoms with van der Waals surface area (Å²) in [6.45, 7) is 0. The van der Waals surface area contributed by atoms with Crippen LogP contribution in [0.3, 0.4) is 0 Å². The van der Waals surface area contributed by atoms with Gasteiger partial charge in [0.05, 0.1) is 6.21 Å². The standard InChI is InChI=1S/C12H11N5O3S/c1-17-11(20)8(10(19)15-12(17)21)6-14-16-9(18)7-2-4-13-5-3-7/h2-6,20H,1H3,(H,16,18)(H,15,19,21)/b14-6+. The summed E-state index contributed by atoms with van der Waals surface area (Å²) in [6.07, 6.45) is 3.98. The molecular formula is C12H11N5O3S. The SMILES string of the molecule is Cn1c(O)c(/C=N/NC(=O)c2ccncc2)c(=O)[nH]c1=S. The Labute approximate surface area is 123 Å². The van der Waals surface area contributed by atoms with Crippen LogP contribution in [0, 0.1) is 4.77 Å². The van der Waals surface area contributed by atoms with E-state index in [1.54, 1.807) is 0 Å². The zero-order chi connectivity index (χ0) is 15.4. The van der Waals surface area contributed by atoms with E-state index in [-0.39, 0.29) is 16.2 Å². The van der Waals surface area contributed by atoms with E-state index in [4.69, 9.17) is 12.2 Å². The Morgan fingerprint density at radius 2 is 2.19 bits per heavy atom. The summed E-state index contributed by atoms with van der Waals surface area (Å²) in [5, 5.41) is 13.4. The summed E-state index contributed by atoms with van der Waals surface area (Å²) in [5.41, 5.74) is 1.90. The number of rotatable bonds is 3. The molecule has 0 radical (unpaired) electrons. The van der Waals surface area contributed by atoms with Crippen LogP contribution in [0.2, 0.25) is 0 Å². The molecule has 0 aliphatic heterocycles. The number of aromatic hydroxyl groups is 1. The summed E-state index contributed by atoms with van der Waals surface area (Å²) < 4.78 is 1.29. The zero-order valence-electron chi connectivity index (χ0n) is 10.9. The summed E-state index contributed by atoms with van der Waals surface area (Å²) in [7, 11) is 1.49. The molecule has 0 atom stereocenters. The number of hydrogen-bond acceptors (Lipinski definition) is 6. The Hall–Kier alpha value is -2.81. The van der Waals surface area contributed by atoms with Crippen LogP contribution < -0.4 is 11.0 Å². The number of hydrogen-bond donors (Lipinski definition) is 3. The van der Waals surface area contributed by atoms with Crippen molar-refractivity contribution >= 4 is 24.3 Å². The zero-order valence-corrected chi connectivity index (χ0v) is 11.7. The minimum absolute atomic E-state index is 0.0791. The Kier molecular flexibility index (Phi) is 4.24. The molecule has 0 saturated heterocycles. The van der Waals surface area contributed by atoms with Crippen molar-refractivity contribution in [1.82, 2.24) is 20.0 Å². The van der Waals surface area contributed by atoms with Crippen LogP contribution in [0.5, 0.6) is 5.88 Å². The largest absolute Gasteiger partial charge is 0.494 e. The van der Waals surface area contributed by atoms with Gasteiger partial charge in [0.15, 0.2) is 4.77 Å². The van der Waals surface area contributed by atoms with Crippen molar-refractivity contribution in [2.75, 3.05) is 0 Å². The van der Waals surface area contributed by atoms with E-state index in [0.717, 1.165) is 6.21 Å². The third-order valence-corrected chi connectivity index (χ3v) is 3.01. The molecule has 21 heavy (non-hydrogen) atoms. The van der Waals surface area contributed by atoms with E-state index < -0.39 is 11.5 Å². The Balaban J connectivity index is 2.20. The molecule has 0 aliphatic carbocycles. The van der Waals surface area contributed by atoms with E-state index in [1.165, 1.54) is 36.1 Å². The fourth-order valence-corrected chi connectivity index (χ4v) is 1.65. The fourth-order valence-electron chi connectivity index (χ4n) is 1.47. The van der Waals surface area contributed by atoms with Gasteiger partial charge in [0.25, 0.3) is 11.5 Å². The Bertz CT molecular complexity index is 810. The highest BCUT2D eigenvalue weighted by Crippen LogP contribution is 2.08. The van der Waals surface area contributed by atoms with Crippen molar-refractivity contribution in [3.63, 3.8) is 0 Å². The highest BCUT2D eigenvalue weighted by molar-refractivity contribution is 7.71. The number of nitrogens with zero attached hydrogens (tertiary/aromatic N) is 3. The first kappa shape index (κ1) is 14.6. The molecule has 0 fully saturated rings. The molecule has 2 rings (SSSR count). The van der Waals surface area contributed by atoms with Gasteiger partial charge in [-0.15, -0.1) is 0 Å². The first-order valence-electron chi connectivity index (χ1n) is 5.76. The molecule has 0 spiro atoms. The lowest BCUT2D eigenvalue weighted by Gasteiger charge is -2.04. The van der Waals surface area contributed by atoms with Crippen LogP contribution in [0.4, 0.5) is 0 Å². The minimum atomic E-state index is -0.600. The predicted octanol–water partition coefficient (Wildman–Crippen LogP) is 0.307. The maximum absolute atomic E-state index is 11.7. The summed E-state index contributed by atoms with van der Waals surface area (Å²) in [6, 6.07) is 3.03. The van der Waals surface area contributed by atoms with Crippen molar-refractivity contribution in [1.29, 1.82) is 0 Å². The van der Waals surface area contributed by atoms with E-state index in [9.17, 15) is 14.7 Å². The molecule has 2 aromatic rings. The number of pyridine rings is 1. The molecule has 2 aromatic heterocycles. The van der Waals surface area contributed by atoms with E-state index in [0.29, 0.717) is 5.56 Å². The van der Waals surface area contributed by atoms with Crippen molar-refractivity contribution in [3.05, 3.63) is 50.8 Å². The molecular weight excluding hydrogens is 294 g/mol. The lowest BCUT2D eigenvalue weighted by atomic mass is 10.3. The monoisotopic (exact) mass is 305 g/mol. The molecule has 1 amide bonds.